The van der Waals surface area contributed by atoms with E-state index in [2.05, 4.69) is 15.7 Å². The molecule has 236 valence electrons. The number of aromatic nitrogens is 2. The summed E-state index contributed by atoms with van der Waals surface area (Å²) in [5, 5.41) is 9.07. The Balaban J connectivity index is 2.46. The van der Waals surface area contributed by atoms with E-state index in [1.807, 2.05) is 27.7 Å². The van der Waals surface area contributed by atoms with Gasteiger partial charge in [-0.2, -0.15) is 5.26 Å². The molecule has 2 rings (SSSR count). The van der Waals surface area contributed by atoms with E-state index < -0.39 is 50.1 Å². The van der Waals surface area contributed by atoms with E-state index >= 15 is 0 Å². The first-order valence-electron chi connectivity index (χ1n) is 14.2. The molecule has 1 saturated heterocycles. The Morgan fingerprint density at radius 3 is 2.26 bits per heavy atom. The summed E-state index contributed by atoms with van der Waals surface area (Å²) < 4.78 is 32.6. The molecule has 1 N–H and O–H groups in total. The predicted molar refractivity (Wildman–Crippen MR) is 154 cm³/mol. The summed E-state index contributed by atoms with van der Waals surface area (Å²) in [4.78, 5) is 53.4. The van der Waals surface area contributed by atoms with Crippen LogP contribution in [0, 0.1) is 18.3 Å². The van der Waals surface area contributed by atoms with Gasteiger partial charge >= 0.3 is 17.6 Å². The number of nitrogens with zero attached hydrogens (tertiary/aromatic N) is 4. The maximum absolute atomic E-state index is 12.7. The topological polar surface area (TPSA) is 165 Å². The third-order valence-corrected chi connectivity index (χ3v) is 8.43. The van der Waals surface area contributed by atoms with E-state index in [1.165, 1.54) is 10.8 Å². The molecular weight excluding hydrogens is 569 g/mol. The molecule has 0 bridgehead atoms. The second-order valence-electron chi connectivity index (χ2n) is 10.3. The second kappa shape index (κ2) is 17.5. The van der Waals surface area contributed by atoms with Gasteiger partial charge in [0.1, 0.15) is 6.23 Å². The smallest absolute Gasteiger partial charge is 0.330 e. The zero-order valence-electron chi connectivity index (χ0n) is 25.5. The van der Waals surface area contributed by atoms with Crippen LogP contribution in [0.15, 0.2) is 15.8 Å². The number of carbonyl (C=O) groups excluding carboxylic acids is 2. The van der Waals surface area contributed by atoms with Crippen molar-refractivity contribution in [1.82, 2.24) is 19.1 Å². The molecule has 0 saturated carbocycles. The maximum Gasteiger partial charge on any atom is 0.330 e. The van der Waals surface area contributed by atoms with Crippen LogP contribution in [-0.4, -0.2) is 94.8 Å². The van der Waals surface area contributed by atoms with Crippen LogP contribution in [0.5, 0.6) is 0 Å². The summed E-state index contributed by atoms with van der Waals surface area (Å²) in [7, 11) is -1.67. The Hall–Kier alpha value is -2.66. The van der Waals surface area contributed by atoms with E-state index in [9.17, 15) is 19.2 Å². The number of ether oxygens (including phenoxy) is 3. The van der Waals surface area contributed by atoms with E-state index in [4.69, 9.17) is 28.5 Å². The van der Waals surface area contributed by atoms with Gasteiger partial charge < -0.3 is 23.3 Å². The average molecular weight is 614 g/mol. The van der Waals surface area contributed by atoms with Crippen molar-refractivity contribution >= 4 is 20.5 Å². The fourth-order valence-electron chi connectivity index (χ4n) is 4.57. The molecule has 0 aromatic carbocycles. The van der Waals surface area contributed by atoms with Crippen LogP contribution in [0.3, 0.4) is 0 Å². The number of hydrogen-bond acceptors (Lipinski definition) is 12. The number of aromatic amines is 1. The minimum atomic E-state index is -1.67. The van der Waals surface area contributed by atoms with Crippen LogP contribution in [0.2, 0.25) is 0 Å². The van der Waals surface area contributed by atoms with Crippen LogP contribution in [0.1, 0.15) is 66.2 Å². The Morgan fingerprint density at radius 1 is 1.14 bits per heavy atom. The minimum Gasteiger partial charge on any atom is -0.465 e. The lowest BCUT2D eigenvalue weighted by molar-refractivity contribution is -0.149. The van der Waals surface area contributed by atoms with Crippen molar-refractivity contribution in [3.63, 3.8) is 0 Å². The highest BCUT2D eigenvalue weighted by Gasteiger charge is 2.42. The van der Waals surface area contributed by atoms with Gasteiger partial charge in [0.25, 0.3) is 14.1 Å². The van der Waals surface area contributed by atoms with Crippen molar-refractivity contribution in [3.8, 4) is 6.07 Å². The quantitative estimate of drug-likeness (QED) is 0.155. The molecule has 0 amide bonds. The van der Waals surface area contributed by atoms with E-state index in [1.54, 1.807) is 25.7 Å². The molecular formula is C27H44N5O9P. The monoisotopic (exact) mass is 613 g/mol. The molecule has 1 aliphatic heterocycles. The predicted octanol–water partition coefficient (Wildman–Crippen LogP) is 2.22. The summed E-state index contributed by atoms with van der Waals surface area (Å²) in [6, 6.07) is 2.17. The molecule has 15 heteroatoms. The highest BCUT2D eigenvalue weighted by atomic mass is 31.2. The lowest BCUT2D eigenvalue weighted by Crippen LogP contribution is -2.44. The highest BCUT2D eigenvalue weighted by Crippen LogP contribution is 2.50. The molecule has 1 aromatic heterocycles. The second-order valence-corrected chi connectivity index (χ2v) is 11.7. The number of rotatable bonds is 17. The van der Waals surface area contributed by atoms with Gasteiger partial charge in [0.05, 0.1) is 57.6 Å². The summed E-state index contributed by atoms with van der Waals surface area (Å²) >= 11 is 0. The van der Waals surface area contributed by atoms with Gasteiger partial charge in [-0.3, -0.25) is 28.8 Å². The summed E-state index contributed by atoms with van der Waals surface area (Å²) in [5.41, 5.74) is -0.797. The van der Waals surface area contributed by atoms with Gasteiger partial charge in [-0.05, 0) is 48.5 Å². The van der Waals surface area contributed by atoms with Crippen molar-refractivity contribution in [2.45, 2.75) is 91.8 Å². The van der Waals surface area contributed by atoms with Crippen molar-refractivity contribution < 1.29 is 32.8 Å². The zero-order valence-corrected chi connectivity index (χ0v) is 26.4. The Morgan fingerprint density at radius 2 is 1.74 bits per heavy atom. The largest absolute Gasteiger partial charge is 0.465 e. The molecule has 1 unspecified atom stereocenters. The zero-order chi connectivity index (χ0) is 31.4. The summed E-state index contributed by atoms with van der Waals surface area (Å²) in [6.07, 6.45) is -0.345. The first-order chi connectivity index (χ1) is 19.9. The number of aryl methyl sites for hydroxylation is 1. The third-order valence-electron chi connectivity index (χ3n) is 6.28. The van der Waals surface area contributed by atoms with Crippen LogP contribution < -0.4 is 11.2 Å². The number of nitriles is 1. The number of hydrogen-bond donors (Lipinski definition) is 1. The molecule has 14 nitrogen and oxygen atoms in total. The van der Waals surface area contributed by atoms with Gasteiger partial charge in [0.2, 0.25) is 0 Å². The van der Waals surface area contributed by atoms with Crippen molar-refractivity contribution in [2.24, 2.45) is 0 Å². The van der Waals surface area contributed by atoms with Crippen molar-refractivity contribution in [1.29, 1.82) is 5.26 Å². The standard InChI is InChI=1S/C27H44N5O9P/c1-8-37-24(33)16-30(17-25(34)38-9-2)15-22-21(13-23(40-22)31-14-20(7)26(35)29-27(31)36)41-42(39-12-10-11-28)32(18(3)4)19(5)6/h14,18-19,21-23H,8-10,12-13,15-17H2,1-7H3,(H,29,35,36)/t21-,22+,23+,42?/m0/s1. The normalized spacial score (nSPS) is 19.4. The first-order valence-corrected chi connectivity index (χ1v) is 15.3. The molecule has 4 atom stereocenters. The summed E-state index contributed by atoms with van der Waals surface area (Å²) in [6.45, 7) is 13.2. The SMILES string of the molecule is CCOC(=O)CN(CC(=O)OCC)C[C@H]1O[C@@H](n2cc(C)c(=O)[nH]c2=O)C[C@@H]1OP(OCCC#N)N(C(C)C)C(C)C. The van der Waals surface area contributed by atoms with Gasteiger partial charge in [0.15, 0.2) is 0 Å². The van der Waals surface area contributed by atoms with Gasteiger partial charge in [0, 0.05) is 36.8 Å². The van der Waals surface area contributed by atoms with Crippen molar-refractivity contribution in [2.75, 3.05) is 39.5 Å². The molecule has 0 radical (unpaired) electrons. The maximum atomic E-state index is 12.7. The number of carbonyl (C=O) groups is 2. The van der Waals surface area contributed by atoms with Crippen LogP contribution in [0.4, 0.5) is 0 Å². The fraction of sp³-hybridized carbons (Fsp3) is 0.741. The molecule has 0 spiro atoms. The molecule has 42 heavy (non-hydrogen) atoms. The van der Waals surface area contributed by atoms with E-state index in [0.29, 0.717) is 5.56 Å². The first kappa shape index (κ1) is 35.5. The van der Waals surface area contributed by atoms with Gasteiger partial charge in [-0.1, -0.05) is 0 Å². The Kier molecular flexibility index (Phi) is 14.8. The fourth-order valence-corrected chi connectivity index (χ4v) is 6.33. The third kappa shape index (κ3) is 10.6. The molecule has 2 heterocycles. The van der Waals surface area contributed by atoms with Crippen LogP contribution in [-0.2, 0) is 32.8 Å². The Labute approximate surface area is 247 Å². The average Bonchev–Trinajstić information content (AvgIpc) is 3.27. The molecule has 0 aliphatic carbocycles. The lowest BCUT2D eigenvalue weighted by Gasteiger charge is -2.37. The minimum absolute atomic E-state index is 0.0448. The number of H-pyrrole nitrogens is 1. The van der Waals surface area contributed by atoms with E-state index in [0.717, 1.165) is 0 Å². The van der Waals surface area contributed by atoms with Crippen LogP contribution >= 0.6 is 8.53 Å². The number of nitrogens with one attached hydrogen (secondary N) is 1. The van der Waals surface area contributed by atoms with Gasteiger partial charge in [-0.25, -0.2) is 9.46 Å². The van der Waals surface area contributed by atoms with Crippen molar-refractivity contribution in [3.05, 3.63) is 32.6 Å². The highest BCUT2D eigenvalue weighted by molar-refractivity contribution is 7.44. The van der Waals surface area contributed by atoms with Crippen LogP contribution in [0.25, 0.3) is 0 Å². The number of esters is 2. The lowest BCUT2D eigenvalue weighted by atomic mass is 10.1. The molecule has 1 aromatic rings. The molecule has 1 aliphatic rings. The Bertz CT molecular complexity index is 1150. The van der Waals surface area contributed by atoms with Gasteiger partial charge in [-0.15, -0.1) is 0 Å². The molecule has 1 fully saturated rings. The van der Waals surface area contributed by atoms with E-state index in [-0.39, 0.29) is 64.4 Å². The summed E-state index contributed by atoms with van der Waals surface area (Å²) in [5.74, 6) is -1.04.